The summed E-state index contributed by atoms with van der Waals surface area (Å²) in [6.45, 7) is 9.99. The number of aromatic nitrogens is 2. The van der Waals surface area contributed by atoms with Crippen molar-refractivity contribution in [3.8, 4) is 0 Å². The normalized spacial score (nSPS) is 17.3. The Labute approximate surface area is 185 Å². The molecule has 0 aliphatic carbocycles. The van der Waals surface area contributed by atoms with Crippen molar-refractivity contribution in [1.29, 1.82) is 0 Å². The van der Waals surface area contributed by atoms with Crippen molar-refractivity contribution in [1.82, 2.24) is 19.8 Å². The summed E-state index contributed by atoms with van der Waals surface area (Å²) < 4.78 is 13.2. The highest BCUT2D eigenvalue weighted by Crippen LogP contribution is 2.39. The van der Waals surface area contributed by atoms with Gasteiger partial charge in [-0.25, -0.2) is 14.4 Å². The number of aryl methyl sites for hydroxylation is 1. The number of hydrogen-bond donors (Lipinski definition) is 0. The molecule has 1 amide bonds. The Balaban J connectivity index is 1.39. The maximum atomic E-state index is 13.2. The van der Waals surface area contributed by atoms with Gasteiger partial charge >= 0.3 is 0 Å². The summed E-state index contributed by atoms with van der Waals surface area (Å²) in [7, 11) is 0. The van der Waals surface area contributed by atoms with E-state index in [2.05, 4.69) is 16.7 Å². The summed E-state index contributed by atoms with van der Waals surface area (Å²) in [5.41, 5.74) is 1.94. The molecule has 1 fully saturated rings. The number of halogens is 1. The molecular formula is C23H26FN5OS. The Bertz CT molecular complexity index is 1120. The van der Waals surface area contributed by atoms with E-state index in [1.54, 1.807) is 23.5 Å². The zero-order valence-electron chi connectivity index (χ0n) is 17.9. The first-order chi connectivity index (χ1) is 15.0. The van der Waals surface area contributed by atoms with E-state index in [1.807, 2.05) is 11.8 Å². The third-order valence-electron chi connectivity index (χ3n) is 6.28. The maximum absolute atomic E-state index is 13.2. The maximum Gasteiger partial charge on any atom is 0.253 e. The van der Waals surface area contributed by atoms with Crippen LogP contribution in [0.2, 0.25) is 0 Å². The Kier molecular flexibility index (Phi) is 5.35. The molecule has 0 saturated carbocycles. The van der Waals surface area contributed by atoms with Gasteiger partial charge < -0.3 is 9.80 Å². The van der Waals surface area contributed by atoms with Crippen molar-refractivity contribution in [3.63, 3.8) is 0 Å². The summed E-state index contributed by atoms with van der Waals surface area (Å²) in [4.78, 5) is 31.5. The lowest BCUT2D eigenvalue weighted by Gasteiger charge is -2.36. The number of anilines is 1. The van der Waals surface area contributed by atoms with Gasteiger partial charge in [-0.2, -0.15) is 0 Å². The lowest BCUT2D eigenvalue weighted by atomic mass is 10.0. The number of thiophene rings is 1. The molecule has 162 valence electrons. The van der Waals surface area contributed by atoms with Crippen LogP contribution in [0.3, 0.4) is 0 Å². The molecule has 2 aliphatic heterocycles. The minimum atomic E-state index is -0.328. The SMILES string of the molecule is CCN1CCc2c(sc3nc(C)nc(N4CCN(C(=O)c5ccc(F)cc5)CC4)c23)C1. The van der Waals surface area contributed by atoms with E-state index in [4.69, 9.17) is 9.97 Å². The molecule has 0 bridgehead atoms. The van der Waals surface area contributed by atoms with Crippen LogP contribution in [0.1, 0.15) is 33.5 Å². The second-order valence-electron chi connectivity index (χ2n) is 8.18. The molecule has 0 N–H and O–H groups in total. The van der Waals surface area contributed by atoms with Crippen LogP contribution in [0.25, 0.3) is 10.2 Å². The highest BCUT2D eigenvalue weighted by Gasteiger charge is 2.28. The van der Waals surface area contributed by atoms with Gasteiger partial charge in [-0.1, -0.05) is 6.92 Å². The van der Waals surface area contributed by atoms with Crippen molar-refractivity contribution in [2.24, 2.45) is 0 Å². The second kappa shape index (κ2) is 8.16. The van der Waals surface area contributed by atoms with Gasteiger partial charge in [0.15, 0.2) is 0 Å². The first kappa shape index (κ1) is 20.3. The first-order valence-electron chi connectivity index (χ1n) is 10.8. The van der Waals surface area contributed by atoms with E-state index < -0.39 is 0 Å². The molecule has 1 aromatic carbocycles. The third-order valence-corrected chi connectivity index (χ3v) is 7.39. The smallest absolute Gasteiger partial charge is 0.253 e. The molecular weight excluding hydrogens is 413 g/mol. The third kappa shape index (κ3) is 3.78. The van der Waals surface area contributed by atoms with E-state index in [1.165, 1.54) is 28.0 Å². The second-order valence-corrected chi connectivity index (χ2v) is 9.27. The number of hydrogen-bond acceptors (Lipinski definition) is 6. The van der Waals surface area contributed by atoms with Crippen LogP contribution in [0.4, 0.5) is 10.2 Å². The lowest BCUT2D eigenvalue weighted by molar-refractivity contribution is 0.0746. The average molecular weight is 440 g/mol. The molecule has 0 spiro atoms. The van der Waals surface area contributed by atoms with Crippen LogP contribution >= 0.6 is 11.3 Å². The van der Waals surface area contributed by atoms with Gasteiger partial charge in [-0.15, -0.1) is 11.3 Å². The van der Waals surface area contributed by atoms with Gasteiger partial charge in [0.25, 0.3) is 5.91 Å². The van der Waals surface area contributed by atoms with Crippen LogP contribution < -0.4 is 4.90 Å². The molecule has 2 aromatic heterocycles. The fraction of sp³-hybridized carbons (Fsp3) is 0.435. The standard InChI is InChI=1S/C23H26FN5OS/c1-3-27-9-8-18-19(14-27)31-22-20(18)21(25-15(2)26-22)28-10-12-29(13-11-28)23(30)16-4-6-17(24)7-5-16/h4-7H,3,8-14H2,1-2H3. The number of carbonyl (C=O) groups is 1. The zero-order chi connectivity index (χ0) is 21.5. The predicted octanol–water partition coefficient (Wildman–Crippen LogP) is 3.48. The summed E-state index contributed by atoms with van der Waals surface area (Å²) in [5.74, 6) is 1.43. The summed E-state index contributed by atoms with van der Waals surface area (Å²) >= 11 is 1.80. The lowest BCUT2D eigenvalue weighted by Crippen LogP contribution is -2.49. The quantitative estimate of drug-likeness (QED) is 0.626. The number of nitrogens with zero attached hydrogens (tertiary/aromatic N) is 5. The van der Waals surface area contributed by atoms with Crippen molar-refractivity contribution in [2.45, 2.75) is 26.8 Å². The van der Waals surface area contributed by atoms with E-state index in [0.717, 1.165) is 55.6 Å². The van der Waals surface area contributed by atoms with Gasteiger partial charge in [0.05, 0.1) is 5.39 Å². The van der Waals surface area contributed by atoms with Crippen LogP contribution in [0.15, 0.2) is 24.3 Å². The summed E-state index contributed by atoms with van der Waals surface area (Å²) in [5, 5.41) is 1.21. The van der Waals surface area contributed by atoms with Gasteiger partial charge in [-0.3, -0.25) is 9.69 Å². The number of carbonyl (C=O) groups excluding carboxylic acids is 1. The number of benzene rings is 1. The van der Waals surface area contributed by atoms with E-state index >= 15 is 0 Å². The summed E-state index contributed by atoms with van der Waals surface area (Å²) in [6, 6.07) is 5.78. The van der Waals surface area contributed by atoms with E-state index in [9.17, 15) is 9.18 Å². The van der Waals surface area contributed by atoms with Gasteiger partial charge in [0.2, 0.25) is 0 Å². The highest BCUT2D eigenvalue weighted by atomic mass is 32.1. The van der Waals surface area contributed by atoms with Crippen molar-refractivity contribution in [3.05, 3.63) is 51.9 Å². The molecule has 1 saturated heterocycles. The predicted molar refractivity (Wildman–Crippen MR) is 121 cm³/mol. The molecule has 2 aliphatic rings. The van der Waals surface area contributed by atoms with Gasteiger partial charge in [0.1, 0.15) is 22.3 Å². The van der Waals surface area contributed by atoms with Crippen molar-refractivity contribution in [2.75, 3.05) is 44.2 Å². The number of amides is 1. The minimum absolute atomic E-state index is 0.0452. The largest absolute Gasteiger partial charge is 0.352 e. The molecule has 5 rings (SSSR count). The zero-order valence-corrected chi connectivity index (χ0v) is 18.7. The van der Waals surface area contributed by atoms with Gasteiger partial charge in [-0.05, 0) is 49.7 Å². The van der Waals surface area contributed by atoms with E-state index in [-0.39, 0.29) is 11.7 Å². The molecule has 6 nitrogen and oxygen atoms in total. The Morgan fingerprint density at radius 3 is 2.55 bits per heavy atom. The number of likely N-dealkylation sites (N-methyl/N-ethyl adjacent to an activating group) is 1. The van der Waals surface area contributed by atoms with Gasteiger partial charge in [0, 0.05) is 49.7 Å². The molecule has 0 radical (unpaired) electrons. The van der Waals surface area contributed by atoms with E-state index in [0.29, 0.717) is 18.7 Å². The van der Waals surface area contributed by atoms with Crippen LogP contribution in [-0.2, 0) is 13.0 Å². The highest BCUT2D eigenvalue weighted by molar-refractivity contribution is 7.19. The van der Waals surface area contributed by atoms with Crippen LogP contribution in [-0.4, -0.2) is 64.9 Å². The van der Waals surface area contributed by atoms with Crippen molar-refractivity contribution < 1.29 is 9.18 Å². The Hall–Kier alpha value is -2.58. The van der Waals surface area contributed by atoms with Crippen LogP contribution in [0, 0.1) is 12.7 Å². The van der Waals surface area contributed by atoms with Crippen molar-refractivity contribution >= 4 is 33.3 Å². The molecule has 0 unspecified atom stereocenters. The molecule has 31 heavy (non-hydrogen) atoms. The number of fused-ring (bicyclic) bond motifs is 3. The van der Waals surface area contributed by atoms with Crippen LogP contribution in [0.5, 0.6) is 0 Å². The first-order valence-corrected chi connectivity index (χ1v) is 11.7. The topological polar surface area (TPSA) is 52.6 Å². The number of rotatable bonds is 3. The molecule has 4 heterocycles. The molecule has 0 atom stereocenters. The monoisotopic (exact) mass is 439 g/mol. The molecule has 8 heteroatoms. The summed E-state index contributed by atoms with van der Waals surface area (Å²) in [6.07, 6.45) is 1.03. The Morgan fingerprint density at radius 1 is 1.10 bits per heavy atom. The minimum Gasteiger partial charge on any atom is -0.352 e. The fourth-order valence-corrected chi connectivity index (χ4v) is 5.83. The average Bonchev–Trinajstić information content (AvgIpc) is 3.15. The molecule has 3 aromatic rings. The fourth-order valence-electron chi connectivity index (χ4n) is 4.53. The Morgan fingerprint density at radius 2 is 1.84 bits per heavy atom. The number of piperazine rings is 1.